The highest BCUT2D eigenvalue weighted by Crippen LogP contribution is 2.27. The molecule has 0 aliphatic heterocycles. The molecule has 2 aromatic carbocycles. The number of rotatable bonds is 5. The Kier molecular flexibility index (Phi) is 5.36. The first-order valence-corrected chi connectivity index (χ1v) is 7.27. The van der Waals surface area contributed by atoms with Crippen LogP contribution in [-0.4, -0.2) is 30.8 Å². The zero-order chi connectivity index (χ0) is 16.8. The van der Waals surface area contributed by atoms with Gasteiger partial charge in [0.1, 0.15) is 12.4 Å². The van der Waals surface area contributed by atoms with Crippen LogP contribution in [0.15, 0.2) is 48.5 Å². The number of hydrogen-bond donors (Lipinski definition) is 1. The van der Waals surface area contributed by atoms with Crippen molar-refractivity contribution in [1.82, 2.24) is 4.90 Å². The normalized spacial score (nSPS) is 10.0. The van der Waals surface area contributed by atoms with Crippen LogP contribution in [0, 0.1) is 0 Å². The molecule has 0 aliphatic rings. The van der Waals surface area contributed by atoms with Crippen molar-refractivity contribution in [2.45, 2.75) is 13.5 Å². The summed E-state index contributed by atoms with van der Waals surface area (Å²) < 4.78 is 5.81. The van der Waals surface area contributed by atoms with Gasteiger partial charge in [-0.3, -0.25) is 9.59 Å². The predicted molar refractivity (Wildman–Crippen MR) is 89.5 cm³/mol. The maximum Gasteiger partial charge on any atom is 0.253 e. The zero-order valence-electron chi connectivity index (χ0n) is 13.5. The van der Waals surface area contributed by atoms with Gasteiger partial charge in [0.15, 0.2) is 0 Å². The lowest BCUT2D eigenvalue weighted by Gasteiger charge is -2.15. The average Bonchev–Trinajstić information content (AvgIpc) is 2.53. The Morgan fingerprint density at radius 3 is 2.39 bits per heavy atom. The van der Waals surface area contributed by atoms with Crippen LogP contribution in [0.4, 0.5) is 5.69 Å². The molecule has 0 atom stereocenters. The maximum absolute atomic E-state index is 12.1. The molecule has 0 fully saturated rings. The molecule has 0 saturated carbocycles. The lowest BCUT2D eigenvalue weighted by molar-refractivity contribution is -0.114. The average molecular weight is 312 g/mol. The topological polar surface area (TPSA) is 58.6 Å². The minimum atomic E-state index is -0.193. The molecule has 0 spiro atoms. The van der Waals surface area contributed by atoms with Crippen molar-refractivity contribution in [1.29, 1.82) is 0 Å². The summed E-state index contributed by atoms with van der Waals surface area (Å²) in [5.74, 6) is 0.155. The number of ether oxygens (including phenoxy) is 1. The van der Waals surface area contributed by atoms with E-state index in [9.17, 15) is 9.59 Å². The highest BCUT2D eigenvalue weighted by molar-refractivity contribution is 5.96. The van der Waals surface area contributed by atoms with E-state index in [4.69, 9.17) is 4.74 Å². The Balaban J connectivity index is 2.26. The molecular formula is C18H20N2O3. The van der Waals surface area contributed by atoms with Crippen molar-refractivity contribution in [3.63, 3.8) is 0 Å². The second-order valence-corrected chi connectivity index (χ2v) is 5.37. The van der Waals surface area contributed by atoms with Gasteiger partial charge in [0, 0.05) is 26.6 Å². The van der Waals surface area contributed by atoms with E-state index in [0.717, 1.165) is 5.56 Å². The third kappa shape index (κ3) is 4.57. The number of carbonyl (C=O) groups excluding carboxylic acids is 2. The smallest absolute Gasteiger partial charge is 0.253 e. The third-order valence-corrected chi connectivity index (χ3v) is 3.18. The van der Waals surface area contributed by atoms with Crippen LogP contribution in [0.2, 0.25) is 0 Å². The van der Waals surface area contributed by atoms with E-state index in [1.165, 1.54) is 11.8 Å². The van der Waals surface area contributed by atoms with Gasteiger partial charge in [0.05, 0.1) is 5.69 Å². The van der Waals surface area contributed by atoms with Crippen LogP contribution < -0.4 is 10.1 Å². The van der Waals surface area contributed by atoms with Gasteiger partial charge in [-0.25, -0.2) is 0 Å². The fourth-order valence-electron chi connectivity index (χ4n) is 2.06. The monoisotopic (exact) mass is 312 g/mol. The molecule has 0 heterocycles. The number of amides is 2. The molecule has 120 valence electrons. The van der Waals surface area contributed by atoms with Gasteiger partial charge in [0.25, 0.3) is 5.91 Å². The molecule has 0 radical (unpaired) electrons. The largest absolute Gasteiger partial charge is 0.487 e. The minimum Gasteiger partial charge on any atom is -0.487 e. The molecule has 2 amide bonds. The lowest BCUT2D eigenvalue weighted by atomic mass is 10.1. The molecule has 0 saturated heterocycles. The van der Waals surface area contributed by atoms with Crippen molar-refractivity contribution in [2.75, 3.05) is 19.4 Å². The summed E-state index contributed by atoms with van der Waals surface area (Å²) >= 11 is 0. The molecule has 5 heteroatoms. The SMILES string of the molecule is CC(=O)Nc1ccc(C(=O)N(C)C)cc1OCc1ccccc1. The summed E-state index contributed by atoms with van der Waals surface area (Å²) in [6.07, 6.45) is 0. The highest BCUT2D eigenvalue weighted by atomic mass is 16.5. The van der Waals surface area contributed by atoms with Crippen LogP contribution in [0.5, 0.6) is 5.75 Å². The number of anilines is 1. The van der Waals surface area contributed by atoms with Gasteiger partial charge in [-0.05, 0) is 23.8 Å². The van der Waals surface area contributed by atoms with Gasteiger partial charge in [0.2, 0.25) is 5.91 Å². The number of benzene rings is 2. The first-order chi connectivity index (χ1) is 11.0. The lowest BCUT2D eigenvalue weighted by Crippen LogP contribution is -2.21. The summed E-state index contributed by atoms with van der Waals surface area (Å²) in [5, 5.41) is 2.72. The summed E-state index contributed by atoms with van der Waals surface area (Å²) in [5.41, 5.74) is 2.06. The quantitative estimate of drug-likeness (QED) is 0.923. The second kappa shape index (κ2) is 7.45. The van der Waals surface area contributed by atoms with Crippen molar-refractivity contribution >= 4 is 17.5 Å². The first-order valence-electron chi connectivity index (χ1n) is 7.27. The van der Waals surface area contributed by atoms with Crippen molar-refractivity contribution in [3.8, 4) is 5.75 Å². The van der Waals surface area contributed by atoms with Crippen molar-refractivity contribution in [3.05, 3.63) is 59.7 Å². The molecule has 0 aromatic heterocycles. The molecule has 1 N–H and O–H groups in total. The van der Waals surface area contributed by atoms with E-state index in [1.54, 1.807) is 32.3 Å². The van der Waals surface area contributed by atoms with Gasteiger partial charge >= 0.3 is 0 Å². The standard InChI is InChI=1S/C18H20N2O3/c1-13(21)19-16-10-9-15(18(22)20(2)3)11-17(16)23-12-14-7-5-4-6-8-14/h4-11H,12H2,1-3H3,(H,19,21). The molecule has 23 heavy (non-hydrogen) atoms. The third-order valence-electron chi connectivity index (χ3n) is 3.18. The Labute approximate surface area is 135 Å². The number of nitrogens with zero attached hydrogens (tertiary/aromatic N) is 1. The van der Waals surface area contributed by atoms with E-state index in [2.05, 4.69) is 5.32 Å². The number of carbonyl (C=O) groups is 2. The van der Waals surface area contributed by atoms with E-state index < -0.39 is 0 Å². The van der Waals surface area contributed by atoms with Gasteiger partial charge in [-0.15, -0.1) is 0 Å². The van der Waals surface area contributed by atoms with E-state index in [1.807, 2.05) is 30.3 Å². The Morgan fingerprint density at radius 2 is 1.78 bits per heavy atom. The molecule has 0 unspecified atom stereocenters. The number of nitrogens with one attached hydrogen (secondary N) is 1. The van der Waals surface area contributed by atoms with E-state index >= 15 is 0 Å². The van der Waals surface area contributed by atoms with Gasteiger partial charge in [-0.1, -0.05) is 30.3 Å². The Morgan fingerprint density at radius 1 is 1.09 bits per heavy atom. The van der Waals surface area contributed by atoms with Crippen molar-refractivity contribution in [2.24, 2.45) is 0 Å². The molecule has 0 aliphatic carbocycles. The second-order valence-electron chi connectivity index (χ2n) is 5.37. The molecule has 2 aromatic rings. The molecule has 2 rings (SSSR count). The summed E-state index contributed by atoms with van der Waals surface area (Å²) in [4.78, 5) is 24.9. The zero-order valence-corrected chi connectivity index (χ0v) is 13.5. The fraction of sp³-hybridized carbons (Fsp3) is 0.222. The number of hydrogen-bond acceptors (Lipinski definition) is 3. The fourth-order valence-corrected chi connectivity index (χ4v) is 2.06. The van der Waals surface area contributed by atoms with Gasteiger partial charge in [-0.2, -0.15) is 0 Å². The summed E-state index contributed by atoms with van der Waals surface area (Å²) in [7, 11) is 3.38. The van der Waals surface area contributed by atoms with Gasteiger partial charge < -0.3 is 15.0 Å². The summed E-state index contributed by atoms with van der Waals surface area (Å²) in [6, 6.07) is 14.7. The molecular weight excluding hydrogens is 292 g/mol. The van der Waals surface area contributed by atoms with E-state index in [0.29, 0.717) is 23.6 Å². The predicted octanol–water partition coefficient (Wildman–Crippen LogP) is 2.93. The molecule has 5 nitrogen and oxygen atoms in total. The van der Waals surface area contributed by atoms with E-state index in [-0.39, 0.29) is 11.8 Å². The Bertz CT molecular complexity index is 697. The Hall–Kier alpha value is -2.82. The van der Waals surface area contributed by atoms with Crippen LogP contribution >= 0.6 is 0 Å². The van der Waals surface area contributed by atoms with Crippen LogP contribution in [-0.2, 0) is 11.4 Å². The van der Waals surface area contributed by atoms with Crippen LogP contribution in [0.25, 0.3) is 0 Å². The van der Waals surface area contributed by atoms with Crippen molar-refractivity contribution < 1.29 is 14.3 Å². The minimum absolute atomic E-state index is 0.121. The highest BCUT2D eigenvalue weighted by Gasteiger charge is 2.13. The maximum atomic E-state index is 12.1. The molecule has 0 bridgehead atoms. The van der Waals surface area contributed by atoms with Crippen LogP contribution in [0.3, 0.4) is 0 Å². The summed E-state index contributed by atoms with van der Waals surface area (Å²) in [6.45, 7) is 1.78. The first kappa shape index (κ1) is 16.5. The van der Waals surface area contributed by atoms with Crippen LogP contribution in [0.1, 0.15) is 22.8 Å².